The van der Waals surface area contributed by atoms with Gasteiger partial charge in [-0.3, -0.25) is 10.1 Å². The monoisotopic (exact) mass is 258 g/mol. The Morgan fingerprint density at radius 2 is 1.84 bits per heavy atom. The summed E-state index contributed by atoms with van der Waals surface area (Å²) >= 11 is 0. The molecule has 0 saturated heterocycles. The van der Waals surface area contributed by atoms with Gasteiger partial charge in [0.1, 0.15) is 5.69 Å². The summed E-state index contributed by atoms with van der Waals surface area (Å²) in [4.78, 5) is 24.2. The molecule has 8 nitrogen and oxygen atoms in total. The molecular formula is C11H6N4O4. The molecule has 1 aliphatic rings. The number of hydrogen-bond donors (Lipinski definition) is 1. The number of nitrogens with zero attached hydrogens (tertiary/aromatic N) is 3. The van der Waals surface area contributed by atoms with Crippen molar-refractivity contribution in [2.75, 3.05) is 5.32 Å². The summed E-state index contributed by atoms with van der Waals surface area (Å²) in [6.45, 7) is 0. The van der Waals surface area contributed by atoms with Gasteiger partial charge in [-0.15, -0.1) is 0 Å². The normalized spacial score (nSPS) is 12.7. The average molecular weight is 258 g/mol. The summed E-state index contributed by atoms with van der Waals surface area (Å²) in [7, 11) is 0. The summed E-state index contributed by atoms with van der Waals surface area (Å²) < 4.78 is 0. The van der Waals surface area contributed by atoms with Gasteiger partial charge in [-0.05, 0) is 22.4 Å². The van der Waals surface area contributed by atoms with Crippen molar-refractivity contribution in [2.24, 2.45) is 4.99 Å². The van der Waals surface area contributed by atoms with Gasteiger partial charge >= 0.3 is 11.6 Å². The summed E-state index contributed by atoms with van der Waals surface area (Å²) in [5.74, 6) is -0.519. The number of guanidine groups is 1. The number of anilines is 1. The molecule has 0 amide bonds. The summed E-state index contributed by atoms with van der Waals surface area (Å²) in [6, 6.07) is 7.99. The second-order valence-corrected chi connectivity index (χ2v) is 3.91. The fraction of sp³-hybridized carbons (Fsp3) is 0. The fourth-order valence-electron chi connectivity index (χ4n) is 2.05. The van der Waals surface area contributed by atoms with E-state index >= 15 is 0 Å². The topological polar surface area (TPSA) is 111 Å². The number of nitrogens with one attached hydrogen (secondary N) is 1. The minimum Gasteiger partial charge on any atom is -0.390 e. The zero-order chi connectivity index (χ0) is 13.6. The molecule has 0 fully saturated rings. The lowest BCUT2D eigenvalue weighted by molar-refractivity contribution is -0.384. The van der Waals surface area contributed by atoms with E-state index in [1.165, 1.54) is 6.07 Å². The molecule has 0 radical (unpaired) electrons. The van der Waals surface area contributed by atoms with Crippen molar-refractivity contribution >= 4 is 33.8 Å². The van der Waals surface area contributed by atoms with E-state index in [0.29, 0.717) is 11.1 Å². The lowest BCUT2D eigenvalue weighted by Gasteiger charge is -2.11. The van der Waals surface area contributed by atoms with E-state index in [0.717, 1.165) is 5.39 Å². The first kappa shape index (κ1) is 11.1. The van der Waals surface area contributed by atoms with E-state index in [-0.39, 0.29) is 11.4 Å². The van der Waals surface area contributed by atoms with Crippen LogP contribution in [0.1, 0.15) is 0 Å². The molecule has 1 N–H and O–H groups in total. The molecule has 0 aromatic heterocycles. The highest BCUT2D eigenvalue weighted by atomic mass is 16.6. The van der Waals surface area contributed by atoms with Crippen LogP contribution < -0.4 is 5.32 Å². The molecule has 0 saturated carbocycles. The molecule has 2 aromatic carbocycles. The number of nitro groups is 2. The van der Waals surface area contributed by atoms with Crippen molar-refractivity contribution < 1.29 is 9.85 Å². The number of benzene rings is 2. The Kier molecular flexibility index (Phi) is 2.18. The number of aliphatic imine (C=N–C) groups is 1. The van der Waals surface area contributed by atoms with Gasteiger partial charge in [0, 0.05) is 6.07 Å². The predicted octanol–water partition coefficient (Wildman–Crippen LogP) is 2.44. The first-order chi connectivity index (χ1) is 9.08. The highest BCUT2D eigenvalue weighted by molar-refractivity contribution is 6.13. The van der Waals surface area contributed by atoms with Crippen LogP contribution >= 0.6 is 0 Å². The first-order valence-electron chi connectivity index (χ1n) is 5.28. The van der Waals surface area contributed by atoms with Crippen molar-refractivity contribution in [2.45, 2.75) is 0 Å². The van der Waals surface area contributed by atoms with E-state index in [1.807, 2.05) is 0 Å². The van der Waals surface area contributed by atoms with Gasteiger partial charge in [-0.1, -0.05) is 17.1 Å². The van der Waals surface area contributed by atoms with Crippen LogP contribution in [0, 0.1) is 20.2 Å². The Morgan fingerprint density at radius 3 is 2.53 bits per heavy atom. The molecule has 19 heavy (non-hydrogen) atoms. The molecule has 0 atom stereocenters. The third kappa shape index (κ3) is 1.58. The summed E-state index contributed by atoms with van der Waals surface area (Å²) in [6.07, 6.45) is 0. The van der Waals surface area contributed by atoms with Gasteiger partial charge < -0.3 is 10.1 Å². The molecule has 0 unspecified atom stereocenters. The quantitative estimate of drug-likeness (QED) is 0.623. The van der Waals surface area contributed by atoms with Gasteiger partial charge in [0.15, 0.2) is 0 Å². The van der Waals surface area contributed by atoms with Crippen LogP contribution in [0.5, 0.6) is 0 Å². The second kappa shape index (κ2) is 3.73. The standard InChI is InChI=1S/C11H6N4O4/c16-14(17)8-5-4-6-2-1-3-7-9(6)10(8)13-11(12-7)15(18)19/h1-5H,(H,12,13). The van der Waals surface area contributed by atoms with Crippen molar-refractivity contribution in [3.8, 4) is 0 Å². The van der Waals surface area contributed by atoms with Crippen LogP contribution in [0.3, 0.4) is 0 Å². The Balaban J connectivity index is 2.42. The Labute approximate surface area is 105 Å². The minimum atomic E-state index is -0.710. The van der Waals surface area contributed by atoms with Gasteiger partial charge in [-0.25, -0.2) is 5.32 Å². The van der Waals surface area contributed by atoms with Crippen molar-refractivity contribution in [1.29, 1.82) is 0 Å². The van der Waals surface area contributed by atoms with Crippen molar-refractivity contribution in [1.82, 2.24) is 0 Å². The zero-order valence-electron chi connectivity index (χ0n) is 9.36. The molecule has 1 aliphatic heterocycles. The van der Waals surface area contributed by atoms with Crippen LogP contribution in [0.25, 0.3) is 10.8 Å². The van der Waals surface area contributed by atoms with Crippen molar-refractivity contribution in [3.63, 3.8) is 0 Å². The van der Waals surface area contributed by atoms with Gasteiger partial charge in [0.2, 0.25) is 5.69 Å². The maximum absolute atomic E-state index is 11.0. The van der Waals surface area contributed by atoms with E-state index < -0.39 is 15.8 Å². The molecule has 94 valence electrons. The van der Waals surface area contributed by atoms with E-state index in [9.17, 15) is 20.2 Å². The van der Waals surface area contributed by atoms with Gasteiger partial charge in [0.05, 0.1) is 10.3 Å². The van der Waals surface area contributed by atoms with Gasteiger partial charge in [-0.2, -0.15) is 0 Å². The SMILES string of the molecule is O=[N+]([O-])C1=Nc2c([N+](=O)[O-])ccc3cccc(c23)N1. The van der Waals surface area contributed by atoms with Crippen LogP contribution in [-0.4, -0.2) is 15.8 Å². The maximum atomic E-state index is 11.0. The van der Waals surface area contributed by atoms with E-state index in [1.54, 1.807) is 24.3 Å². The molecule has 8 heteroatoms. The molecule has 0 bridgehead atoms. The second-order valence-electron chi connectivity index (χ2n) is 3.91. The average Bonchev–Trinajstić information content (AvgIpc) is 2.38. The molecule has 3 rings (SSSR count). The lowest BCUT2D eigenvalue weighted by Crippen LogP contribution is -2.23. The molecule has 2 aromatic rings. The third-order valence-corrected chi connectivity index (χ3v) is 2.83. The van der Waals surface area contributed by atoms with Crippen molar-refractivity contribution in [3.05, 3.63) is 50.6 Å². The Hall–Kier alpha value is -3.03. The van der Waals surface area contributed by atoms with Crippen LogP contribution in [0.15, 0.2) is 35.3 Å². The minimum absolute atomic E-state index is 0.0172. The Bertz CT molecular complexity index is 769. The van der Waals surface area contributed by atoms with E-state index in [2.05, 4.69) is 10.3 Å². The molecular weight excluding hydrogens is 252 g/mol. The van der Waals surface area contributed by atoms with Crippen LogP contribution in [0.4, 0.5) is 17.1 Å². The molecule has 1 heterocycles. The van der Waals surface area contributed by atoms with E-state index in [4.69, 9.17) is 0 Å². The Morgan fingerprint density at radius 1 is 1.05 bits per heavy atom. The fourth-order valence-corrected chi connectivity index (χ4v) is 2.05. The highest BCUT2D eigenvalue weighted by Crippen LogP contribution is 2.41. The smallest absolute Gasteiger partial charge is 0.390 e. The lowest BCUT2D eigenvalue weighted by atomic mass is 10.0. The predicted molar refractivity (Wildman–Crippen MR) is 68.3 cm³/mol. The highest BCUT2D eigenvalue weighted by Gasteiger charge is 2.29. The zero-order valence-corrected chi connectivity index (χ0v) is 9.36. The number of rotatable bonds is 1. The summed E-state index contributed by atoms with van der Waals surface area (Å²) in [5, 5.41) is 25.6. The maximum Gasteiger partial charge on any atom is 0.433 e. The largest absolute Gasteiger partial charge is 0.433 e. The van der Waals surface area contributed by atoms with Gasteiger partial charge in [0.25, 0.3) is 0 Å². The first-order valence-corrected chi connectivity index (χ1v) is 5.28. The number of hydrogen-bond acceptors (Lipinski definition) is 6. The van der Waals surface area contributed by atoms with Crippen LogP contribution in [0.2, 0.25) is 0 Å². The molecule has 0 aliphatic carbocycles. The molecule has 0 spiro atoms. The van der Waals surface area contributed by atoms with Crippen LogP contribution in [-0.2, 0) is 0 Å². The number of nitro benzene ring substituents is 1. The third-order valence-electron chi connectivity index (χ3n) is 2.83. The summed E-state index contributed by atoms with van der Waals surface area (Å²) in [5.41, 5.74) is 0.210.